The standard InChI is InChI=1S/C12H14F2O3/c13-12(14,9-15)7-6-11(16)17-8-10-4-2-1-3-5-10/h1-5,15H,6-9H2. The fourth-order valence-electron chi connectivity index (χ4n) is 1.17. The predicted molar refractivity (Wildman–Crippen MR) is 57.5 cm³/mol. The van der Waals surface area contributed by atoms with E-state index in [2.05, 4.69) is 0 Å². The first-order valence-electron chi connectivity index (χ1n) is 5.22. The van der Waals surface area contributed by atoms with Crippen molar-refractivity contribution in [3.8, 4) is 0 Å². The predicted octanol–water partition coefficient (Wildman–Crippen LogP) is 2.14. The molecular formula is C12H14F2O3. The van der Waals surface area contributed by atoms with E-state index < -0.39 is 31.3 Å². The third-order valence-electron chi connectivity index (χ3n) is 2.17. The van der Waals surface area contributed by atoms with Gasteiger partial charge in [-0.1, -0.05) is 30.3 Å². The Bertz CT molecular complexity index is 352. The Hall–Kier alpha value is -1.49. The number of aliphatic hydroxyl groups excluding tert-OH is 1. The van der Waals surface area contributed by atoms with Gasteiger partial charge < -0.3 is 9.84 Å². The molecule has 0 saturated carbocycles. The first-order chi connectivity index (χ1) is 8.03. The van der Waals surface area contributed by atoms with Crippen molar-refractivity contribution in [3.05, 3.63) is 35.9 Å². The van der Waals surface area contributed by atoms with Crippen LogP contribution in [0.1, 0.15) is 18.4 Å². The third-order valence-corrected chi connectivity index (χ3v) is 2.17. The highest BCUT2D eigenvalue weighted by Gasteiger charge is 2.28. The van der Waals surface area contributed by atoms with Crippen LogP contribution in [0.3, 0.4) is 0 Å². The van der Waals surface area contributed by atoms with Crippen LogP contribution in [0.2, 0.25) is 0 Å². The van der Waals surface area contributed by atoms with Gasteiger partial charge in [0.25, 0.3) is 5.92 Å². The van der Waals surface area contributed by atoms with Crippen molar-refractivity contribution in [2.45, 2.75) is 25.4 Å². The highest BCUT2D eigenvalue weighted by atomic mass is 19.3. The zero-order valence-corrected chi connectivity index (χ0v) is 9.23. The van der Waals surface area contributed by atoms with E-state index in [1.807, 2.05) is 6.07 Å². The molecule has 1 aromatic rings. The summed E-state index contributed by atoms with van der Waals surface area (Å²) in [7, 11) is 0. The minimum atomic E-state index is -3.22. The quantitative estimate of drug-likeness (QED) is 0.780. The zero-order chi connectivity index (χ0) is 12.7. The maximum atomic E-state index is 12.6. The molecule has 17 heavy (non-hydrogen) atoms. The molecule has 0 heterocycles. The van der Waals surface area contributed by atoms with Crippen LogP contribution in [0, 0.1) is 0 Å². The first kappa shape index (κ1) is 13.6. The number of esters is 1. The number of benzene rings is 1. The fraction of sp³-hybridized carbons (Fsp3) is 0.417. The molecule has 1 aromatic carbocycles. The van der Waals surface area contributed by atoms with Crippen LogP contribution in [-0.4, -0.2) is 23.6 Å². The second-order valence-electron chi connectivity index (χ2n) is 3.66. The number of aliphatic hydroxyl groups is 1. The number of carbonyl (C=O) groups is 1. The van der Waals surface area contributed by atoms with Gasteiger partial charge in [0.1, 0.15) is 13.2 Å². The highest BCUT2D eigenvalue weighted by molar-refractivity contribution is 5.69. The Kier molecular flexibility index (Phi) is 5.03. The second kappa shape index (κ2) is 6.30. The monoisotopic (exact) mass is 244 g/mol. The number of halogens is 2. The average molecular weight is 244 g/mol. The lowest BCUT2D eigenvalue weighted by molar-refractivity contribution is -0.147. The van der Waals surface area contributed by atoms with Crippen molar-refractivity contribution in [2.75, 3.05) is 6.61 Å². The van der Waals surface area contributed by atoms with Gasteiger partial charge in [0.2, 0.25) is 0 Å². The Balaban J connectivity index is 2.27. The molecule has 0 aliphatic heterocycles. The molecule has 1 N–H and O–H groups in total. The van der Waals surface area contributed by atoms with Gasteiger partial charge in [0, 0.05) is 6.42 Å². The minimum Gasteiger partial charge on any atom is -0.461 e. The van der Waals surface area contributed by atoms with Gasteiger partial charge in [-0.15, -0.1) is 0 Å². The van der Waals surface area contributed by atoms with Crippen molar-refractivity contribution in [3.63, 3.8) is 0 Å². The van der Waals surface area contributed by atoms with Gasteiger partial charge in [0.05, 0.1) is 6.42 Å². The minimum absolute atomic E-state index is 0.0738. The number of hydrogen-bond donors (Lipinski definition) is 1. The highest BCUT2D eigenvalue weighted by Crippen LogP contribution is 2.19. The molecule has 3 nitrogen and oxygen atoms in total. The average Bonchev–Trinajstić information content (AvgIpc) is 2.35. The number of carbonyl (C=O) groups excluding carboxylic acids is 1. The first-order valence-corrected chi connectivity index (χ1v) is 5.22. The Morgan fingerprint density at radius 1 is 1.29 bits per heavy atom. The van der Waals surface area contributed by atoms with Crippen molar-refractivity contribution in [1.29, 1.82) is 0 Å². The second-order valence-corrected chi connectivity index (χ2v) is 3.66. The largest absolute Gasteiger partial charge is 0.461 e. The molecule has 1 rings (SSSR count). The molecule has 0 bridgehead atoms. The molecule has 0 radical (unpaired) electrons. The van der Waals surface area contributed by atoms with Gasteiger partial charge in [0.15, 0.2) is 0 Å². The van der Waals surface area contributed by atoms with Crippen molar-refractivity contribution < 1.29 is 23.4 Å². The molecule has 0 aliphatic rings. The van der Waals surface area contributed by atoms with Crippen LogP contribution in [0.15, 0.2) is 30.3 Å². The normalized spacial score (nSPS) is 11.2. The van der Waals surface area contributed by atoms with Crippen molar-refractivity contribution in [1.82, 2.24) is 0 Å². The van der Waals surface area contributed by atoms with Gasteiger partial charge in [-0.2, -0.15) is 0 Å². The van der Waals surface area contributed by atoms with E-state index in [0.717, 1.165) is 5.56 Å². The number of alkyl halides is 2. The Labute approximate surface area is 98.0 Å². The number of rotatable bonds is 6. The van der Waals surface area contributed by atoms with Gasteiger partial charge in [-0.05, 0) is 5.56 Å². The summed E-state index contributed by atoms with van der Waals surface area (Å²) in [5.41, 5.74) is 0.801. The molecule has 0 unspecified atom stereocenters. The van der Waals surface area contributed by atoms with E-state index in [0.29, 0.717) is 0 Å². The maximum absolute atomic E-state index is 12.6. The summed E-state index contributed by atoms with van der Waals surface area (Å²) in [6, 6.07) is 8.96. The van der Waals surface area contributed by atoms with E-state index in [-0.39, 0.29) is 6.61 Å². The zero-order valence-electron chi connectivity index (χ0n) is 9.23. The van der Waals surface area contributed by atoms with Crippen LogP contribution in [0.4, 0.5) is 8.78 Å². The van der Waals surface area contributed by atoms with Crippen LogP contribution >= 0.6 is 0 Å². The fourth-order valence-corrected chi connectivity index (χ4v) is 1.17. The molecular weight excluding hydrogens is 230 g/mol. The molecule has 5 heteroatoms. The van der Waals surface area contributed by atoms with Crippen molar-refractivity contribution >= 4 is 5.97 Å². The van der Waals surface area contributed by atoms with Gasteiger partial charge in [-0.25, -0.2) is 8.78 Å². The van der Waals surface area contributed by atoms with Crippen LogP contribution in [-0.2, 0) is 16.1 Å². The summed E-state index contributed by atoms with van der Waals surface area (Å²) >= 11 is 0. The molecule has 0 fully saturated rings. The van der Waals surface area contributed by atoms with Crippen LogP contribution in [0.25, 0.3) is 0 Å². The summed E-state index contributed by atoms with van der Waals surface area (Å²) < 4.78 is 30.1. The Morgan fingerprint density at radius 3 is 2.53 bits per heavy atom. The van der Waals surface area contributed by atoms with Gasteiger partial charge >= 0.3 is 5.97 Å². The van der Waals surface area contributed by atoms with E-state index in [1.54, 1.807) is 24.3 Å². The molecule has 0 spiro atoms. The lowest BCUT2D eigenvalue weighted by Gasteiger charge is -2.12. The molecule has 94 valence electrons. The van der Waals surface area contributed by atoms with E-state index in [9.17, 15) is 13.6 Å². The summed E-state index contributed by atoms with van der Waals surface area (Å²) in [5, 5.41) is 8.31. The third kappa shape index (κ3) is 5.40. The molecule has 0 amide bonds. The topological polar surface area (TPSA) is 46.5 Å². The molecule has 0 aliphatic carbocycles. The molecule has 0 aromatic heterocycles. The van der Waals surface area contributed by atoms with E-state index in [1.165, 1.54) is 0 Å². The molecule has 0 atom stereocenters. The number of hydrogen-bond acceptors (Lipinski definition) is 3. The SMILES string of the molecule is O=C(CCC(F)(F)CO)OCc1ccccc1. The van der Waals surface area contributed by atoms with E-state index in [4.69, 9.17) is 9.84 Å². The van der Waals surface area contributed by atoms with Crippen molar-refractivity contribution in [2.24, 2.45) is 0 Å². The van der Waals surface area contributed by atoms with Crippen LogP contribution in [0.5, 0.6) is 0 Å². The smallest absolute Gasteiger partial charge is 0.306 e. The number of ether oxygens (including phenoxy) is 1. The maximum Gasteiger partial charge on any atom is 0.306 e. The van der Waals surface area contributed by atoms with Crippen LogP contribution < -0.4 is 0 Å². The summed E-state index contributed by atoms with van der Waals surface area (Å²) in [6.07, 6.45) is -1.10. The summed E-state index contributed by atoms with van der Waals surface area (Å²) in [6.45, 7) is -1.18. The lowest BCUT2D eigenvalue weighted by Crippen LogP contribution is -2.22. The molecule has 0 saturated heterocycles. The lowest BCUT2D eigenvalue weighted by atomic mass is 10.2. The Morgan fingerprint density at radius 2 is 1.94 bits per heavy atom. The summed E-state index contributed by atoms with van der Waals surface area (Å²) in [5.74, 6) is -3.91. The van der Waals surface area contributed by atoms with Gasteiger partial charge in [-0.3, -0.25) is 4.79 Å². The summed E-state index contributed by atoms with van der Waals surface area (Å²) in [4.78, 5) is 11.1. The van der Waals surface area contributed by atoms with E-state index >= 15 is 0 Å².